The summed E-state index contributed by atoms with van der Waals surface area (Å²) in [5, 5.41) is 4.90. The Morgan fingerprint density at radius 1 is 1.08 bits per heavy atom. The lowest BCUT2D eigenvalue weighted by atomic mass is 10.0. The summed E-state index contributed by atoms with van der Waals surface area (Å²) in [7, 11) is 0. The largest absolute Gasteiger partial charge is 0.341 e. The Balaban J connectivity index is 1.90. The van der Waals surface area contributed by atoms with Crippen molar-refractivity contribution in [3.8, 4) is 0 Å². The summed E-state index contributed by atoms with van der Waals surface area (Å²) in [6.07, 6.45) is 1.45. The van der Waals surface area contributed by atoms with Gasteiger partial charge in [0.1, 0.15) is 6.04 Å². The van der Waals surface area contributed by atoms with Gasteiger partial charge in [0.25, 0.3) is 5.91 Å². The van der Waals surface area contributed by atoms with Crippen molar-refractivity contribution in [3.05, 3.63) is 70.2 Å². The Morgan fingerprint density at radius 2 is 1.73 bits per heavy atom. The molecule has 0 aromatic heterocycles. The second-order valence-corrected chi connectivity index (χ2v) is 7.34. The molecule has 0 aliphatic heterocycles. The zero-order valence-corrected chi connectivity index (χ0v) is 16.8. The molecule has 0 spiro atoms. The first-order chi connectivity index (χ1) is 12.5. The van der Waals surface area contributed by atoms with Crippen LogP contribution in [0.25, 0.3) is 0 Å². The minimum Gasteiger partial charge on any atom is -0.341 e. The molecule has 3 N–H and O–H groups in total. The molecule has 0 saturated heterocycles. The molecule has 2 aromatic carbocycles. The van der Waals surface area contributed by atoms with Gasteiger partial charge in [-0.25, -0.2) is 0 Å². The zero-order valence-electron chi connectivity index (χ0n) is 15.2. The van der Waals surface area contributed by atoms with Crippen molar-refractivity contribution in [1.29, 1.82) is 0 Å². The third-order valence-electron chi connectivity index (χ3n) is 4.43. The molecule has 0 aliphatic rings. The van der Waals surface area contributed by atoms with Crippen LogP contribution in [-0.4, -0.2) is 24.3 Å². The highest BCUT2D eigenvalue weighted by molar-refractivity contribution is 9.10. The lowest BCUT2D eigenvalue weighted by Crippen LogP contribution is -2.87. The van der Waals surface area contributed by atoms with Gasteiger partial charge in [0.05, 0.1) is 6.04 Å². The van der Waals surface area contributed by atoms with Gasteiger partial charge in [-0.05, 0) is 31.0 Å². The van der Waals surface area contributed by atoms with E-state index >= 15 is 0 Å². The van der Waals surface area contributed by atoms with E-state index in [0.717, 1.165) is 16.5 Å². The normalized spacial score (nSPS) is 13.0. The lowest BCUT2D eigenvalue weighted by Gasteiger charge is -2.18. The molecule has 5 heteroatoms. The van der Waals surface area contributed by atoms with Gasteiger partial charge in [0.2, 0.25) is 0 Å². The maximum Gasteiger partial charge on any atom is 0.275 e. The number of nitrogens with one attached hydrogen (secondary N) is 1. The first-order valence-electron chi connectivity index (χ1n) is 8.92. The molecular weight excluding hydrogens is 392 g/mol. The highest BCUT2D eigenvalue weighted by Gasteiger charge is 2.20. The zero-order chi connectivity index (χ0) is 18.9. The van der Waals surface area contributed by atoms with E-state index in [-0.39, 0.29) is 17.7 Å². The molecule has 138 valence electrons. The monoisotopic (exact) mass is 417 g/mol. The molecule has 0 heterocycles. The second kappa shape index (κ2) is 10.2. The van der Waals surface area contributed by atoms with E-state index in [1.54, 1.807) is 0 Å². The van der Waals surface area contributed by atoms with E-state index in [1.165, 1.54) is 12.5 Å². The van der Waals surface area contributed by atoms with Crippen LogP contribution in [-0.2, 0) is 16.0 Å². The number of ketones is 1. The van der Waals surface area contributed by atoms with E-state index < -0.39 is 6.04 Å². The minimum absolute atomic E-state index is 0.0258. The van der Waals surface area contributed by atoms with Crippen molar-refractivity contribution in [2.75, 3.05) is 6.54 Å². The van der Waals surface area contributed by atoms with E-state index in [1.807, 2.05) is 47.8 Å². The number of halogens is 1. The Morgan fingerprint density at radius 3 is 2.31 bits per heavy atom. The predicted molar refractivity (Wildman–Crippen MR) is 107 cm³/mol. The average molecular weight is 418 g/mol. The SMILES string of the molecule is CC[C@H]([NH2+]CC(=O)N[C@@H](Cc1ccccc1)C(C)=O)c1ccc(Br)cc1. The van der Waals surface area contributed by atoms with Crippen LogP contribution in [0, 0.1) is 0 Å². The third-order valence-corrected chi connectivity index (χ3v) is 4.96. The van der Waals surface area contributed by atoms with Gasteiger partial charge in [0.15, 0.2) is 12.3 Å². The molecule has 0 radical (unpaired) electrons. The molecule has 2 aromatic rings. The summed E-state index contributed by atoms with van der Waals surface area (Å²) in [5.41, 5.74) is 2.23. The molecule has 2 atom stereocenters. The van der Waals surface area contributed by atoms with Gasteiger partial charge in [0, 0.05) is 16.5 Å². The van der Waals surface area contributed by atoms with Crippen LogP contribution in [0.3, 0.4) is 0 Å². The number of amides is 1. The number of carbonyl (C=O) groups is 2. The molecule has 0 unspecified atom stereocenters. The minimum atomic E-state index is -0.481. The van der Waals surface area contributed by atoms with E-state index in [9.17, 15) is 9.59 Å². The van der Waals surface area contributed by atoms with Crippen LogP contribution < -0.4 is 10.6 Å². The van der Waals surface area contributed by atoms with Crippen LogP contribution >= 0.6 is 15.9 Å². The summed E-state index contributed by atoms with van der Waals surface area (Å²) in [4.78, 5) is 24.3. The molecule has 0 fully saturated rings. The van der Waals surface area contributed by atoms with Crippen LogP contribution in [0.2, 0.25) is 0 Å². The Bertz CT molecular complexity index is 717. The standard InChI is InChI=1S/C21H25BrN2O2/c1-3-19(17-9-11-18(22)12-10-17)23-14-21(26)24-20(15(2)25)13-16-7-5-4-6-8-16/h4-12,19-20,23H,3,13-14H2,1-2H3,(H,24,26)/p+1/t19-,20-/m0/s1. The number of rotatable bonds is 9. The maximum absolute atomic E-state index is 12.4. The molecule has 2 rings (SSSR count). The van der Waals surface area contributed by atoms with E-state index in [0.29, 0.717) is 13.0 Å². The average Bonchev–Trinajstić information content (AvgIpc) is 2.64. The number of Topliss-reactive ketones (excluding diaryl/α,β-unsaturated/α-hetero) is 1. The first kappa shape index (κ1) is 20.3. The molecule has 26 heavy (non-hydrogen) atoms. The van der Waals surface area contributed by atoms with Gasteiger partial charge in [-0.1, -0.05) is 65.3 Å². The molecule has 0 aliphatic carbocycles. The Labute approximate surface area is 163 Å². The van der Waals surface area contributed by atoms with Crippen molar-refractivity contribution < 1.29 is 14.9 Å². The number of nitrogens with two attached hydrogens (primary N) is 1. The highest BCUT2D eigenvalue weighted by atomic mass is 79.9. The summed E-state index contributed by atoms with van der Waals surface area (Å²) in [6, 6.07) is 17.6. The van der Waals surface area contributed by atoms with Crippen molar-refractivity contribution in [2.24, 2.45) is 0 Å². The Kier molecular flexibility index (Phi) is 8.01. The van der Waals surface area contributed by atoms with Crippen LogP contribution in [0.1, 0.15) is 37.4 Å². The fourth-order valence-electron chi connectivity index (χ4n) is 2.90. The van der Waals surface area contributed by atoms with Crippen molar-refractivity contribution >= 4 is 27.6 Å². The predicted octanol–water partition coefficient (Wildman–Crippen LogP) is 2.78. The molecule has 0 bridgehead atoms. The van der Waals surface area contributed by atoms with E-state index in [4.69, 9.17) is 0 Å². The van der Waals surface area contributed by atoms with E-state index in [2.05, 4.69) is 40.3 Å². The quantitative estimate of drug-likeness (QED) is 0.658. The summed E-state index contributed by atoms with van der Waals surface area (Å²) < 4.78 is 1.04. The fourth-order valence-corrected chi connectivity index (χ4v) is 3.16. The second-order valence-electron chi connectivity index (χ2n) is 6.43. The number of quaternary nitrogens is 1. The third kappa shape index (κ3) is 6.39. The molecule has 0 saturated carbocycles. The van der Waals surface area contributed by atoms with Crippen molar-refractivity contribution in [2.45, 2.75) is 38.8 Å². The van der Waals surface area contributed by atoms with Gasteiger partial charge in [-0.2, -0.15) is 0 Å². The van der Waals surface area contributed by atoms with Gasteiger partial charge in [-0.15, -0.1) is 0 Å². The summed E-state index contributed by atoms with van der Waals surface area (Å²) in [5.74, 6) is -0.140. The first-order valence-corrected chi connectivity index (χ1v) is 9.71. The molecular formula is C21H26BrN2O2+. The number of hydrogen-bond acceptors (Lipinski definition) is 2. The number of benzene rings is 2. The van der Waals surface area contributed by atoms with Crippen molar-refractivity contribution in [1.82, 2.24) is 5.32 Å². The van der Waals surface area contributed by atoms with Crippen LogP contribution in [0.4, 0.5) is 0 Å². The lowest BCUT2D eigenvalue weighted by molar-refractivity contribution is -0.686. The molecule has 1 amide bonds. The fraction of sp³-hybridized carbons (Fsp3) is 0.333. The maximum atomic E-state index is 12.4. The van der Waals surface area contributed by atoms with Gasteiger partial charge >= 0.3 is 0 Å². The summed E-state index contributed by atoms with van der Waals surface area (Å²) >= 11 is 3.44. The van der Waals surface area contributed by atoms with Gasteiger partial charge < -0.3 is 10.6 Å². The van der Waals surface area contributed by atoms with Crippen molar-refractivity contribution in [3.63, 3.8) is 0 Å². The smallest absolute Gasteiger partial charge is 0.275 e. The van der Waals surface area contributed by atoms with Crippen LogP contribution in [0.15, 0.2) is 59.1 Å². The van der Waals surface area contributed by atoms with Gasteiger partial charge in [-0.3, -0.25) is 9.59 Å². The number of hydrogen-bond donors (Lipinski definition) is 2. The number of carbonyl (C=O) groups excluding carboxylic acids is 2. The highest BCUT2D eigenvalue weighted by Crippen LogP contribution is 2.16. The summed E-state index contributed by atoms with van der Waals surface area (Å²) in [6.45, 7) is 3.93. The molecule has 4 nitrogen and oxygen atoms in total. The topological polar surface area (TPSA) is 62.8 Å². The Hall–Kier alpha value is -1.98. The van der Waals surface area contributed by atoms with Crippen LogP contribution in [0.5, 0.6) is 0 Å².